The summed E-state index contributed by atoms with van der Waals surface area (Å²) in [4.78, 5) is 5.55. The lowest BCUT2D eigenvalue weighted by atomic mass is 9.93. The van der Waals surface area contributed by atoms with Crippen molar-refractivity contribution in [2.24, 2.45) is 5.92 Å². The van der Waals surface area contributed by atoms with Gasteiger partial charge in [-0.3, -0.25) is 9.80 Å². The van der Waals surface area contributed by atoms with Gasteiger partial charge in [0.25, 0.3) is 0 Å². The quantitative estimate of drug-likeness (QED) is 0.449. The van der Waals surface area contributed by atoms with Gasteiger partial charge in [-0.1, -0.05) is 49.4 Å². The van der Waals surface area contributed by atoms with E-state index in [4.69, 9.17) is 27.9 Å². The van der Waals surface area contributed by atoms with Gasteiger partial charge >= 0.3 is 0 Å². The van der Waals surface area contributed by atoms with Crippen molar-refractivity contribution >= 4 is 23.2 Å². The summed E-state index contributed by atoms with van der Waals surface area (Å²) in [6.07, 6.45) is 12.5. The Morgan fingerprint density at radius 3 is 2.39 bits per heavy atom. The zero-order valence-electron chi connectivity index (χ0n) is 17.3. The van der Waals surface area contributed by atoms with Crippen LogP contribution in [0.2, 0.25) is 10.0 Å². The van der Waals surface area contributed by atoms with Crippen molar-refractivity contribution in [1.29, 1.82) is 0 Å². The Labute approximate surface area is 181 Å². The second-order valence-corrected chi connectivity index (χ2v) is 9.23. The molecule has 5 heteroatoms. The molecule has 28 heavy (non-hydrogen) atoms. The maximum atomic E-state index is 6.07. The molecule has 2 fully saturated rings. The molecule has 158 valence electrons. The Hall–Kier alpha value is -0.480. The molecular weight excluding hydrogens is 391 g/mol. The number of unbranched alkanes of at least 4 members (excludes halogenated alkanes) is 1. The number of rotatable bonds is 9. The van der Waals surface area contributed by atoms with E-state index < -0.39 is 0 Å². The Morgan fingerprint density at radius 2 is 1.71 bits per heavy atom. The van der Waals surface area contributed by atoms with E-state index in [9.17, 15) is 0 Å². The SMILES string of the molecule is CCCCC(N1CCCCC1)N1CCC(CCOc2ccc(Cl)c(Cl)c2)CC1. The predicted molar refractivity (Wildman–Crippen MR) is 120 cm³/mol. The van der Waals surface area contributed by atoms with Crippen LogP contribution < -0.4 is 4.74 Å². The van der Waals surface area contributed by atoms with E-state index in [0.29, 0.717) is 16.2 Å². The van der Waals surface area contributed by atoms with Gasteiger partial charge in [-0.05, 0) is 82.8 Å². The van der Waals surface area contributed by atoms with Crippen LogP contribution in [0.15, 0.2) is 18.2 Å². The Kier molecular flexibility index (Phi) is 9.23. The molecule has 1 aromatic carbocycles. The minimum absolute atomic E-state index is 0.559. The minimum Gasteiger partial charge on any atom is -0.494 e. The van der Waals surface area contributed by atoms with Crippen molar-refractivity contribution < 1.29 is 4.74 Å². The summed E-state index contributed by atoms with van der Waals surface area (Å²) in [6.45, 7) is 8.14. The number of hydrogen-bond acceptors (Lipinski definition) is 3. The van der Waals surface area contributed by atoms with Gasteiger partial charge in [-0.15, -0.1) is 0 Å². The third-order valence-corrected chi connectivity index (χ3v) is 7.12. The first kappa shape index (κ1) is 22.2. The first-order valence-electron chi connectivity index (χ1n) is 11.2. The monoisotopic (exact) mass is 426 g/mol. The van der Waals surface area contributed by atoms with Crippen molar-refractivity contribution in [3.8, 4) is 5.75 Å². The van der Waals surface area contributed by atoms with Crippen LogP contribution in [0.5, 0.6) is 5.75 Å². The molecule has 2 heterocycles. The molecule has 0 N–H and O–H groups in total. The highest BCUT2D eigenvalue weighted by Crippen LogP contribution is 2.28. The lowest BCUT2D eigenvalue weighted by Crippen LogP contribution is -2.52. The molecule has 0 radical (unpaired) electrons. The lowest BCUT2D eigenvalue weighted by molar-refractivity contribution is -0.0000321. The summed E-state index contributed by atoms with van der Waals surface area (Å²) in [7, 11) is 0. The van der Waals surface area contributed by atoms with Crippen LogP contribution in [-0.4, -0.2) is 48.8 Å². The molecule has 0 spiro atoms. The van der Waals surface area contributed by atoms with Crippen LogP contribution in [-0.2, 0) is 0 Å². The zero-order chi connectivity index (χ0) is 19.8. The molecular formula is C23H36Cl2N2O. The number of benzene rings is 1. The molecule has 1 unspecified atom stereocenters. The lowest BCUT2D eigenvalue weighted by Gasteiger charge is -2.44. The standard InChI is InChI=1S/C23H36Cl2N2O/c1-2-3-7-23(26-13-5-4-6-14-26)27-15-10-19(11-16-27)12-17-28-20-8-9-21(24)22(25)18-20/h8-9,18-19,23H,2-7,10-17H2,1H3. The molecule has 0 bridgehead atoms. The average molecular weight is 427 g/mol. The van der Waals surface area contributed by atoms with Gasteiger partial charge in [0.2, 0.25) is 0 Å². The van der Waals surface area contributed by atoms with Crippen LogP contribution in [0.4, 0.5) is 0 Å². The maximum Gasteiger partial charge on any atom is 0.120 e. The van der Waals surface area contributed by atoms with E-state index in [-0.39, 0.29) is 0 Å². The third kappa shape index (κ3) is 6.52. The summed E-state index contributed by atoms with van der Waals surface area (Å²) >= 11 is 12.0. The molecule has 1 atom stereocenters. The van der Waals surface area contributed by atoms with Gasteiger partial charge in [0, 0.05) is 6.07 Å². The molecule has 2 aliphatic heterocycles. The number of hydrogen-bond donors (Lipinski definition) is 0. The fourth-order valence-corrected chi connectivity index (χ4v) is 4.94. The normalized spacial score (nSPS) is 21.0. The molecule has 0 aromatic heterocycles. The number of nitrogens with zero attached hydrogens (tertiary/aromatic N) is 2. The van der Waals surface area contributed by atoms with E-state index >= 15 is 0 Å². The second kappa shape index (κ2) is 11.6. The van der Waals surface area contributed by atoms with Crippen LogP contribution in [0, 0.1) is 5.92 Å². The van der Waals surface area contributed by atoms with E-state index in [1.807, 2.05) is 12.1 Å². The Morgan fingerprint density at radius 1 is 1.00 bits per heavy atom. The van der Waals surface area contributed by atoms with Crippen molar-refractivity contribution in [3.05, 3.63) is 28.2 Å². The largest absolute Gasteiger partial charge is 0.494 e. The highest BCUT2D eigenvalue weighted by molar-refractivity contribution is 6.42. The molecule has 0 saturated carbocycles. The number of piperidine rings is 2. The van der Waals surface area contributed by atoms with Gasteiger partial charge in [0.15, 0.2) is 0 Å². The van der Waals surface area contributed by atoms with Crippen LogP contribution in [0.1, 0.15) is 64.7 Å². The van der Waals surface area contributed by atoms with Gasteiger partial charge < -0.3 is 4.74 Å². The van der Waals surface area contributed by atoms with Crippen molar-refractivity contribution in [3.63, 3.8) is 0 Å². The van der Waals surface area contributed by atoms with Gasteiger partial charge in [0.05, 0.1) is 22.8 Å². The second-order valence-electron chi connectivity index (χ2n) is 8.41. The minimum atomic E-state index is 0.559. The van der Waals surface area contributed by atoms with Crippen molar-refractivity contribution in [1.82, 2.24) is 9.80 Å². The molecule has 0 amide bonds. The zero-order valence-corrected chi connectivity index (χ0v) is 18.9. The molecule has 1 aromatic rings. The number of likely N-dealkylation sites (tertiary alicyclic amines) is 2. The average Bonchev–Trinajstić information content (AvgIpc) is 2.73. The van der Waals surface area contributed by atoms with Crippen molar-refractivity contribution in [2.45, 2.75) is 70.9 Å². The first-order valence-corrected chi connectivity index (χ1v) is 12.0. The van der Waals surface area contributed by atoms with Gasteiger partial charge in [-0.25, -0.2) is 0 Å². The molecule has 2 aliphatic rings. The third-order valence-electron chi connectivity index (χ3n) is 6.38. The number of halogens is 2. The van der Waals surface area contributed by atoms with Crippen molar-refractivity contribution in [2.75, 3.05) is 32.8 Å². The smallest absolute Gasteiger partial charge is 0.120 e. The first-order chi connectivity index (χ1) is 13.7. The fraction of sp³-hybridized carbons (Fsp3) is 0.739. The Bertz CT molecular complexity index is 584. The van der Waals surface area contributed by atoms with E-state index in [0.717, 1.165) is 24.7 Å². The highest BCUT2D eigenvalue weighted by atomic mass is 35.5. The summed E-state index contributed by atoms with van der Waals surface area (Å²) in [5.74, 6) is 1.59. The highest BCUT2D eigenvalue weighted by Gasteiger charge is 2.29. The Balaban J connectivity index is 1.42. The van der Waals surface area contributed by atoms with Gasteiger partial charge in [-0.2, -0.15) is 0 Å². The van der Waals surface area contributed by atoms with E-state index in [1.165, 1.54) is 77.5 Å². The predicted octanol–water partition coefficient (Wildman–Crippen LogP) is 6.48. The molecule has 3 rings (SSSR count). The summed E-state index contributed by atoms with van der Waals surface area (Å²) in [5, 5.41) is 1.14. The van der Waals surface area contributed by atoms with Crippen LogP contribution in [0.3, 0.4) is 0 Å². The summed E-state index contributed by atoms with van der Waals surface area (Å²) in [5.41, 5.74) is 0. The summed E-state index contributed by atoms with van der Waals surface area (Å²) in [6, 6.07) is 5.51. The summed E-state index contributed by atoms with van der Waals surface area (Å²) < 4.78 is 5.90. The van der Waals surface area contributed by atoms with Crippen LogP contribution in [0.25, 0.3) is 0 Å². The molecule has 3 nitrogen and oxygen atoms in total. The number of ether oxygens (including phenoxy) is 1. The maximum absolute atomic E-state index is 6.07. The topological polar surface area (TPSA) is 15.7 Å². The van der Waals surface area contributed by atoms with E-state index in [1.54, 1.807) is 6.07 Å². The fourth-order valence-electron chi connectivity index (χ4n) is 4.65. The van der Waals surface area contributed by atoms with E-state index in [2.05, 4.69) is 16.7 Å². The van der Waals surface area contributed by atoms with Crippen LogP contribution >= 0.6 is 23.2 Å². The molecule has 0 aliphatic carbocycles. The van der Waals surface area contributed by atoms with Gasteiger partial charge in [0.1, 0.15) is 5.75 Å². The molecule has 2 saturated heterocycles.